The number of nitrogens with zero attached hydrogens (tertiary/aromatic N) is 1. The first kappa shape index (κ1) is 12.1. The standard InChI is InChI=1S/C10H14F2N2O3/c11-10(12)1-2-14(5-10)9(17)13-7-3-6(4-7)8(15)16/h6-7H,1-5H2,(H,13,17)(H,15,16). The molecule has 0 aromatic carbocycles. The van der Waals surface area contributed by atoms with Crippen LogP contribution in [0.25, 0.3) is 0 Å². The zero-order valence-electron chi connectivity index (χ0n) is 9.16. The van der Waals surface area contributed by atoms with E-state index in [2.05, 4.69) is 5.32 Å². The number of carboxylic acids is 1. The van der Waals surface area contributed by atoms with Gasteiger partial charge >= 0.3 is 12.0 Å². The van der Waals surface area contributed by atoms with Crippen molar-refractivity contribution in [2.45, 2.75) is 31.2 Å². The molecule has 0 unspecified atom stereocenters. The number of amides is 2. The van der Waals surface area contributed by atoms with Gasteiger partial charge in [-0.25, -0.2) is 13.6 Å². The summed E-state index contributed by atoms with van der Waals surface area (Å²) in [5.41, 5.74) is 0. The Bertz CT molecular complexity index is 342. The first-order valence-electron chi connectivity index (χ1n) is 5.53. The van der Waals surface area contributed by atoms with Crippen LogP contribution < -0.4 is 5.32 Å². The van der Waals surface area contributed by atoms with Crippen molar-refractivity contribution in [2.75, 3.05) is 13.1 Å². The van der Waals surface area contributed by atoms with E-state index in [0.29, 0.717) is 12.8 Å². The molecule has 2 amide bonds. The average molecular weight is 248 g/mol. The molecule has 2 aliphatic rings. The van der Waals surface area contributed by atoms with Crippen molar-refractivity contribution in [2.24, 2.45) is 5.92 Å². The highest BCUT2D eigenvalue weighted by Crippen LogP contribution is 2.29. The quantitative estimate of drug-likeness (QED) is 0.762. The molecular formula is C10H14F2N2O3. The summed E-state index contributed by atoms with van der Waals surface area (Å²) in [5.74, 6) is -4.08. The fraction of sp³-hybridized carbons (Fsp3) is 0.800. The fourth-order valence-electron chi connectivity index (χ4n) is 2.11. The maximum atomic E-state index is 12.9. The van der Waals surface area contributed by atoms with Crippen molar-refractivity contribution < 1.29 is 23.5 Å². The van der Waals surface area contributed by atoms with E-state index < -0.39 is 30.4 Å². The fourth-order valence-corrected chi connectivity index (χ4v) is 2.11. The van der Waals surface area contributed by atoms with E-state index >= 15 is 0 Å². The molecular weight excluding hydrogens is 234 g/mol. The van der Waals surface area contributed by atoms with Crippen LogP contribution >= 0.6 is 0 Å². The predicted octanol–water partition coefficient (Wildman–Crippen LogP) is 0.900. The molecule has 1 heterocycles. The molecule has 2 N–H and O–H groups in total. The number of halogens is 2. The number of urea groups is 1. The second-order valence-corrected chi connectivity index (χ2v) is 4.68. The minimum Gasteiger partial charge on any atom is -0.481 e. The molecule has 0 aromatic rings. The Morgan fingerprint density at radius 3 is 2.47 bits per heavy atom. The zero-order valence-corrected chi connectivity index (χ0v) is 9.16. The van der Waals surface area contributed by atoms with Gasteiger partial charge in [0.1, 0.15) is 0 Å². The van der Waals surface area contributed by atoms with E-state index in [1.807, 2.05) is 0 Å². The van der Waals surface area contributed by atoms with E-state index in [-0.39, 0.29) is 19.0 Å². The van der Waals surface area contributed by atoms with Gasteiger partial charge in [-0.2, -0.15) is 0 Å². The summed E-state index contributed by atoms with van der Waals surface area (Å²) in [7, 11) is 0. The van der Waals surface area contributed by atoms with E-state index in [9.17, 15) is 18.4 Å². The topological polar surface area (TPSA) is 69.6 Å². The molecule has 1 saturated carbocycles. The summed E-state index contributed by atoms with van der Waals surface area (Å²) < 4.78 is 25.7. The molecule has 7 heteroatoms. The number of nitrogens with one attached hydrogen (secondary N) is 1. The van der Waals surface area contributed by atoms with Gasteiger partial charge in [0.2, 0.25) is 0 Å². The van der Waals surface area contributed by atoms with Crippen molar-refractivity contribution in [1.82, 2.24) is 10.2 Å². The molecule has 0 atom stereocenters. The Hall–Kier alpha value is -1.40. The highest BCUT2D eigenvalue weighted by Gasteiger charge is 2.42. The van der Waals surface area contributed by atoms with Crippen LogP contribution in [0.2, 0.25) is 0 Å². The predicted molar refractivity (Wildman–Crippen MR) is 53.8 cm³/mol. The zero-order chi connectivity index (χ0) is 12.6. The summed E-state index contributed by atoms with van der Waals surface area (Å²) >= 11 is 0. The van der Waals surface area contributed by atoms with Crippen LogP contribution in [0.4, 0.5) is 13.6 Å². The summed E-state index contributed by atoms with van der Waals surface area (Å²) in [6, 6.07) is -0.714. The van der Waals surface area contributed by atoms with Crippen LogP contribution in [-0.4, -0.2) is 47.1 Å². The molecule has 0 spiro atoms. The van der Waals surface area contributed by atoms with Gasteiger partial charge in [-0.3, -0.25) is 4.79 Å². The molecule has 2 rings (SSSR count). The molecule has 0 bridgehead atoms. The lowest BCUT2D eigenvalue weighted by atomic mass is 9.80. The molecule has 1 aliphatic carbocycles. The number of carboxylic acid groups (broad SMARTS) is 1. The first-order chi connectivity index (χ1) is 7.87. The van der Waals surface area contributed by atoms with Crippen molar-refractivity contribution in [3.63, 3.8) is 0 Å². The number of aliphatic carboxylic acids is 1. The third kappa shape index (κ3) is 2.65. The third-order valence-corrected chi connectivity index (χ3v) is 3.27. The lowest BCUT2D eigenvalue weighted by Crippen LogP contribution is -2.51. The van der Waals surface area contributed by atoms with Gasteiger partial charge in [0.15, 0.2) is 0 Å². The lowest BCUT2D eigenvalue weighted by molar-refractivity contribution is -0.145. The van der Waals surface area contributed by atoms with E-state index in [1.165, 1.54) is 0 Å². The second-order valence-electron chi connectivity index (χ2n) is 4.68. The third-order valence-electron chi connectivity index (χ3n) is 3.27. The number of hydrogen-bond acceptors (Lipinski definition) is 2. The van der Waals surface area contributed by atoms with E-state index in [0.717, 1.165) is 4.90 Å². The van der Waals surface area contributed by atoms with Crippen LogP contribution in [-0.2, 0) is 4.79 Å². The lowest BCUT2D eigenvalue weighted by Gasteiger charge is -2.34. The molecule has 17 heavy (non-hydrogen) atoms. The summed E-state index contributed by atoms with van der Waals surface area (Å²) in [5, 5.41) is 11.2. The monoisotopic (exact) mass is 248 g/mol. The van der Waals surface area contributed by atoms with Gasteiger partial charge in [0, 0.05) is 19.0 Å². The molecule has 96 valence electrons. The Kier molecular flexibility index (Phi) is 2.92. The molecule has 1 saturated heterocycles. The second kappa shape index (κ2) is 4.12. The van der Waals surface area contributed by atoms with Crippen LogP contribution in [0.3, 0.4) is 0 Å². The highest BCUT2D eigenvalue weighted by atomic mass is 19.3. The van der Waals surface area contributed by atoms with E-state index in [4.69, 9.17) is 5.11 Å². The molecule has 0 radical (unpaired) electrons. The minimum atomic E-state index is -2.79. The molecule has 2 fully saturated rings. The number of rotatable bonds is 2. The molecule has 5 nitrogen and oxygen atoms in total. The summed E-state index contributed by atoms with van der Waals surface area (Å²) in [4.78, 5) is 23.2. The number of carbonyl (C=O) groups is 2. The van der Waals surface area contributed by atoms with Gasteiger partial charge in [-0.15, -0.1) is 0 Å². The number of alkyl halides is 2. The van der Waals surface area contributed by atoms with Gasteiger partial charge in [0.05, 0.1) is 12.5 Å². The summed E-state index contributed by atoms with van der Waals surface area (Å²) in [6.45, 7) is -0.498. The maximum absolute atomic E-state index is 12.9. The van der Waals surface area contributed by atoms with Crippen molar-refractivity contribution in [3.05, 3.63) is 0 Å². The number of likely N-dealkylation sites (tertiary alicyclic amines) is 1. The Balaban J connectivity index is 1.74. The van der Waals surface area contributed by atoms with E-state index in [1.54, 1.807) is 0 Å². The van der Waals surface area contributed by atoms with Gasteiger partial charge in [0.25, 0.3) is 5.92 Å². The van der Waals surface area contributed by atoms with Crippen LogP contribution in [0.1, 0.15) is 19.3 Å². The van der Waals surface area contributed by atoms with Gasteiger partial charge < -0.3 is 15.3 Å². The Morgan fingerprint density at radius 2 is 2.00 bits per heavy atom. The van der Waals surface area contributed by atoms with Gasteiger partial charge in [-0.1, -0.05) is 0 Å². The van der Waals surface area contributed by atoms with Crippen molar-refractivity contribution in [1.29, 1.82) is 0 Å². The van der Waals surface area contributed by atoms with Crippen molar-refractivity contribution >= 4 is 12.0 Å². The summed E-state index contributed by atoms with van der Waals surface area (Å²) in [6.07, 6.45) is 0.458. The molecule has 1 aliphatic heterocycles. The van der Waals surface area contributed by atoms with Crippen LogP contribution in [0.15, 0.2) is 0 Å². The maximum Gasteiger partial charge on any atom is 0.317 e. The number of hydrogen-bond donors (Lipinski definition) is 2. The SMILES string of the molecule is O=C(O)C1CC(NC(=O)N2CCC(F)(F)C2)C1. The van der Waals surface area contributed by atoms with Crippen molar-refractivity contribution in [3.8, 4) is 0 Å². The van der Waals surface area contributed by atoms with Crippen LogP contribution in [0.5, 0.6) is 0 Å². The normalized spacial score (nSPS) is 30.8. The smallest absolute Gasteiger partial charge is 0.317 e. The largest absolute Gasteiger partial charge is 0.481 e. The highest BCUT2D eigenvalue weighted by molar-refractivity contribution is 5.76. The first-order valence-corrected chi connectivity index (χ1v) is 5.53. The Labute approximate surface area is 96.8 Å². The van der Waals surface area contributed by atoms with Crippen LogP contribution in [0, 0.1) is 5.92 Å². The number of carbonyl (C=O) groups excluding carboxylic acids is 1. The minimum absolute atomic E-state index is 0.0495. The average Bonchev–Trinajstić information content (AvgIpc) is 2.50. The Morgan fingerprint density at radius 1 is 1.35 bits per heavy atom. The van der Waals surface area contributed by atoms with Gasteiger partial charge in [-0.05, 0) is 12.8 Å². The molecule has 0 aromatic heterocycles.